The van der Waals surface area contributed by atoms with E-state index < -0.39 is 0 Å². The number of amides is 1. The first-order valence-corrected chi connectivity index (χ1v) is 12.4. The van der Waals surface area contributed by atoms with Crippen molar-refractivity contribution in [3.05, 3.63) is 83.2 Å². The Morgan fingerprint density at radius 1 is 1.08 bits per heavy atom. The minimum Gasteiger partial charge on any atom is -0.497 e. The minimum atomic E-state index is -0.138. The Morgan fingerprint density at radius 3 is 2.81 bits per heavy atom. The molecule has 188 valence electrons. The van der Waals surface area contributed by atoms with Gasteiger partial charge in [0.15, 0.2) is 5.58 Å². The Morgan fingerprint density at radius 2 is 1.97 bits per heavy atom. The number of rotatable bonds is 9. The summed E-state index contributed by atoms with van der Waals surface area (Å²) in [6, 6.07) is 18.8. The molecule has 1 amide bonds. The first kappa shape index (κ1) is 24.4. The van der Waals surface area contributed by atoms with Crippen LogP contribution in [0.3, 0.4) is 0 Å². The third kappa shape index (κ3) is 5.93. The summed E-state index contributed by atoms with van der Waals surface area (Å²) in [5.41, 5.74) is 3.99. The van der Waals surface area contributed by atoms with Gasteiger partial charge in [-0.15, -0.1) is 11.3 Å². The lowest BCUT2D eigenvalue weighted by atomic mass is 10.2. The van der Waals surface area contributed by atoms with Gasteiger partial charge < -0.3 is 24.7 Å². The third-order valence-corrected chi connectivity index (χ3v) is 6.57. The summed E-state index contributed by atoms with van der Waals surface area (Å²) in [4.78, 5) is 29.7. The van der Waals surface area contributed by atoms with Gasteiger partial charge in [-0.25, -0.2) is 15.0 Å². The van der Waals surface area contributed by atoms with Gasteiger partial charge in [-0.3, -0.25) is 4.79 Å². The van der Waals surface area contributed by atoms with Gasteiger partial charge in [0, 0.05) is 18.4 Å². The van der Waals surface area contributed by atoms with Gasteiger partial charge in [0.25, 0.3) is 5.91 Å². The normalized spacial score (nSPS) is 11.1. The predicted molar refractivity (Wildman–Crippen MR) is 144 cm³/mol. The molecule has 0 spiro atoms. The van der Waals surface area contributed by atoms with Crippen LogP contribution in [0.4, 0.5) is 11.6 Å². The van der Waals surface area contributed by atoms with E-state index in [1.807, 2.05) is 73.6 Å². The second-order valence-electron chi connectivity index (χ2n) is 8.62. The molecule has 10 heteroatoms. The summed E-state index contributed by atoms with van der Waals surface area (Å²) >= 11 is 1.38. The van der Waals surface area contributed by atoms with Crippen LogP contribution in [0.1, 0.15) is 21.1 Å². The summed E-state index contributed by atoms with van der Waals surface area (Å²) in [6.45, 7) is 1.04. The van der Waals surface area contributed by atoms with Crippen LogP contribution in [0.15, 0.2) is 71.3 Å². The Kier molecular flexibility index (Phi) is 7.11. The van der Waals surface area contributed by atoms with Crippen LogP contribution in [0.5, 0.6) is 5.75 Å². The lowest BCUT2D eigenvalue weighted by Gasteiger charge is -2.06. The van der Waals surface area contributed by atoms with Crippen LogP contribution in [-0.2, 0) is 13.1 Å². The van der Waals surface area contributed by atoms with Gasteiger partial charge in [-0.05, 0) is 68.2 Å². The topological polar surface area (TPSA) is 105 Å². The lowest BCUT2D eigenvalue weighted by Crippen LogP contribution is -2.21. The molecule has 37 heavy (non-hydrogen) atoms. The van der Waals surface area contributed by atoms with E-state index in [1.54, 1.807) is 19.4 Å². The first-order chi connectivity index (χ1) is 18.0. The van der Waals surface area contributed by atoms with E-state index in [4.69, 9.17) is 9.15 Å². The molecule has 3 heterocycles. The van der Waals surface area contributed by atoms with Crippen molar-refractivity contribution in [2.45, 2.75) is 13.1 Å². The van der Waals surface area contributed by atoms with Crippen LogP contribution in [0, 0.1) is 0 Å². The highest BCUT2D eigenvalue weighted by atomic mass is 32.1. The smallest absolute Gasteiger partial charge is 0.261 e. The second-order valence-corrected chi connectivity index (χ2v) is 9.70. The van der Waals surface area contributed by atoms with Crippen LogP contribution < -0.4 is 15.4 Å². The van der Waals surface area contributed by atoms with Gasteiger partial charge >= 0.3 is 0 Å². The second kappa shape index (κ2) is 10.8. The van der Waals surface area contributed by atoms with Crippen molar-refractivity contribution in [1.29, 1.82) is 0 Å². The molecular formula is C27H26N6O3S. The number of anilines is 2. The fraction of sp³-hybridized carbons (Fsp3) is 0.185. The van der Waals surface area contributed by atoms with E-state index in [-0.39, 0.29) is 5.91 Å². The van der Waals surface area contributed by atoms with E-state index >= 15 is 0 Å². The minimum absolute atomic E-state index is 0.138. The fourth-order valence-corrected chi connectivity index (χ4v) is 4.62. The third-order valence-electron chi connectivity index (χ3n) is 5.46. The molecule has 0 aliphatic rings. The van der Waals surface area contributed by atoms with Crippen molar-refractivity contribution in [3.63, 3.8) is 0 Å². The SMILES string of the molecule is COc1cccc(CNC(=O)c2ccc(-c3ccnc(Nc4ccc5oc(CN(C)C)nc5c4)n3)s2)c1. The Bertz CT molecular complexity index is 1540. The van der Waals surface area contributed by atoms with Crippen LogP contribution in [0.2, 0.25) is 0 Å². The number of nitrogens with one attached hydrogen (secondary N) is 2. The van der Waals surface area contributed by atoms with Crippen molar-refractivity contribution >= 4 is 40.0 Å². The first-order valence-electron chi connectivity index (χ1n) is 11.6. The van der Waals surface area contributed by atoms with Gasteiger partial charge in [0.05, 0.1) is 29.1 Å². The number of benzene rings is 2. The van der Waals surface area contributed by atoms with E-state index in [0.717, 1.165) is 38.7 Å². The van der Waals surface area contributed by atoms with Gasteiger partial charge in [0.2, 0.25) is 11.8 Å². The van der Waals surface area contributed by atoms with Crippen LogP contribution >= 0.6 is 11.3 Å². The summed E-state index contributed by atoms with van der Waals surface area (Å²) in [5.74, 6) is 1.73. The van der Waals surface area contributed by atoms with Crippen molar-refractivity contribution in [3.8, 4) is 16.3 Å². The maximum atomic E-state index is 12.7. The number of hydrogen-bond donors (Lipinski definition) is 2. The Balaban J connectivity index is 1.26. The highest BCUT2D eigenvalue weighted by Gasteiger charge is 2.13. The number of aromatic nitrogens is 3. The van der Waals surface area contributed by atoms with E-state index in [0.29, 0.717) is 29.8 Å². The largest absolute Gasteiger partial charge is 0.497 e. The Labute approximate surface area is 218 Å². The van der Waals surface area contributed by atoms with Crippen molar-refractivity contribution < 1.29 is 13.9 Å². The molecule has 0 bridgehead atoms. The van der Waals surface area contributed by atoms with Crippen molar-refractivity contribution in [1.82, 2.24) is 25.2 Å². The molecule has 0 fully saturated rings. The number of carbonyl (C=O) groups excluding carboxylic acids is 1. The average Bonchev–Trinajstić information content (AvgIpc) is 3.54. The molecule has 0 atom stereocenters. The number of fused-ring (bicyclic) bond motifs is 1. The van der Waals surface area contributed by atoms with Gasteiger partial charge in [0.1, 0.15) is 11.3 Å². The molecule has 5 aromatic rings. The molecule has 2 N–H and O–H groups in total. The molecule has 0 saturated carbocycles. The summed E-state index contributed by atoms with van der Waals surface area (Å²) in [6.07, 6.45) is 1.69. The van der Waals surface area contributed by atoms with E-state index in [9.17, 15) is 4.79 Å². The molecule has 0 radical (unpaired) electrons. The van der Waals surface area contributed by atoms with Crippen LogP contribution in [-0.4, -0.2) is 47.0 Å². The predicted octanol–water partition coefficient (Wildman–Crippen LogP) is 5.09. The standard InChI is InChI=1S/C27H26N6O3S/c1-33(2)16-25-31-21-14-18(7-8-22(21)36-25)30-27-28-12-11-20(32-27)23-9-10-24(37-23)26(34)29-15-17-5-4-6-19(13-17)35-3/h4-14H,15-16H2,1-3H3,(H,29,34)(H,28,30,32). The summed E-state index contributed by atoms with van der Waals surface area (Å²) in [5, 5.41) is 6.19. The van der Waals surface area contributed by atoms with Crippen LogP contribution in [0.25, 0.3) is 21.7 Å². The fourth-order valence-electron chi connectivity index (χ4n) is 3.73. The van der Waals surface area contributed by atoms with Crippen molar-refractivity contribution in [2.75, 3.05) is 26.5 Å². The zero-order chi connectivity index (χ0) is 25.8. The average molecular weight is 515 g/mol. The molecule has 2 aromatic carbocycles. The van der Waals surface area contributed by atoms with Gasteiger partial charge in [-0.2, -0.15) is 0 Å². The molecule has 5 rings (SSSR count). The number of oxazole rings is 1. The summed E-state index contributed by atoms with van der Waals surface area (Å²) in [7, 11) is 5.56. The molecule has 0 saturated heterocycles. The number of thiophene rings is 1. The van der Waals surface area contributed by atoms with E-state index in [2.05, 4.69) is 25.6 Å². The highest BCUT2D eigenvalue weighted by Crippen LogP contribution is 2.28. The lowest BCUT2D eigenvalue weighted by molar-refractivity contribution is 0.0955. The Hall–Kier alpha value is -4.28. The molecule has 0 aliphatic carbocycles. The highest BCUT2D eigenvalue weighted by molar-refractivity contribution is 7.17. The maximum Gasteiger partial charge on any atom is 0.261 e. The quantitative estimate of drug-likeness (QED) is 0.280. The maximum absolute atomic E-state index is 12.7. The van der Waals surface area contributed by atoms with Gasteiger partial charge in [-0.1, -0.05) is 12.1 Å². The summed E-state index contributed by atoms with van der Waals surface area (Å²) < 4.78 is 11.0. The molecule has 0 aliphatic heterocycles. The number of hydrogen-bond acceptors (Lipinski definition) is 9. The molecule has 0 unspecified atom stereocenters. The zero-order valence-electron chi connectivity index (χ0n) is 20.7. The molecular weight excluding hydrogens is 488 g/mol. The number of methoxy groups -OCH3 is 1. The number of ether oxygens (including phenoxy) is 1. The number of nitrogens with zero attached hydrogens (tertiary/aromatic N) is 4. The monoisotopic (exact) mass is 514 g/mol. The number of carbonyl (C=O) groups is 1. The van der Waals surface area contributed by atoms with Crippen molar-refractivity contribution in [2.24, 2.45) is 0 Å². The molecule has 3 aromatic heterocycles. The zero-order valence-corrected chi connectivity index (χ0v) is 21.5. The van der Waals surface area contributed by atoms with E-state index in [1.165, 1.54) is 11.3 Å². The molecule has 9 nitrogen and oxygen atoms in total.